The van der Waals surface area contributed by atoms with Crippen LogP contribution < -0.4 is 0 Å². The molecule has 0 fully saturated rings. The minimum absolute atomic E-state index is 0.717. The van der Waals surface area contributed by atoms with Crippen LogP contribution in [0.5, 0.6) is 0 Å². The molecule has 0 saturated carbocycles. The highest BCUT2D eigenvalue weighted by molar-refractivity contribution is 7.26. The maximum Gasteiger partial charge on any atom is 0.161 e. The van der Waals surface area contributed by atoms with Crippen molar-refractivity contribution >= 4 is 183 Å². The third-order valence-electron chi connectivity index (χ3n) is 26.4. The summed E-state index contributed by atoms with van der Waals surface area (Å²) in [6.07, 6.45) is 0. The van der Waals surface area contributed by atoms with Crippen molar-refractivity contribution in [3.8, 4) is 107 Å². The van der Waals surface area contributed by atoms with Gasteiger partial charge in [-0.15, -0.1) is 22.7 Å². The number of hydrogen-bond donors (Lipinski definition) is 0. The average molecular weight is 1740 g/mol. The zero-order chi connectivity index (χ0) is 88.3. The van der Waals surface area contributed by atoms with Crippen molar-refractivity contribution in [2.24, 2.45) is 0 Å². The molecule has 134 heavy (non-hydrogen) atoms. The second-order valence-electron chi connectivity index (χ2n) is 34.2. The summed E-state index contributed by atoms with van der Waals surface area (Å²) in [6.45, 7) is 0. The summed E-state index contributed by atoms with van der Waals surface area (Å²) in [5, 5.41) is 23.1. The predicted octanol–water partition coefficient (Wildman–Crippen LogP) is 34.2. The monoisotopic (exact) mass is 1740 g/mol. The fourth-order valence-corrected chi connectivity index (χ4v) is 22.2. The normalized spacial score (nSPS) is 11.7. The molecule has 8 nitrogen and oxygen atoms in total. The first-order valence-electron chi connectivity index (χ1n) is 45.2. The average Bonchev–Trinajstić information content (AvgIpc) is 1.63. The van der Waals surface area contributed by atoms with Gasteiger partial charge in [-0.05, 0) is 180 Å². The Hall–Kier alpha value is -17.3. The van der Waals surface area contributed by atoms with E-state index in [0.29, 0.717) is 5.82 Å². The Morgan fingerprint density at radius 3 is 1.11 bits per heavy atom. The molecular weight excluding hydrogens is 1670 g/mol. The van der Waals surface area contributed by atoms with Crippen molar-refractivity contribution in [3.05, 3.63) is 455 Å². The van der Waals surface area contributed by atoms with Crippen LogP contribution in [0, 0.1) is 0 Å². The maximum atomic E-state index is 6.13. The number of rotatable bonds is 10. The van der Waals surface area contributed by atoms with Gasteiger partial charge in [0, 0.05) is 117 Å². The molecule has 7 aromatic heterocycles. The van der Waals surface area contributed by atoms with E-state index in [1.807, 2.05) is 77.3 Å². The van der Waals surface area contributed by atoms with Gasteiger partial charge >= 0.3 is 0 Å². The smallest absolute Gasteiger partial charge is 0.161 e. The maximum absolute atomic E-state index is 6.13. The summed E-state index contributed by atoms with van der Waals surface area (Å²) in [4.78, 5) is 30.6. The molecule has 0 N–H and O–H groups in total. The first-order chi connectivity index (χ1) is 66.4. The molecule has 0 radical (unpaired) electrons. The molecule has 28 rings (SSSR count). The van der Waals surface area contributed by atoms with Gasteiger partial charge in [-0.25, -0.2) is 29.9 Å². The summed E-state index contributed by atoms with van der Waals surface area (Å²) in [6, 6.07) is 161. The van der Waals surface area contributed by atoms with Gasteiger partial charge in [0.15, 0.2) is 17.5 Å². The molecular formula is C124H75N7OS2. The zero-order valence-corrected chi connectivity index (χ0v) is 73.8. The third-order valence-corrected chi connectivity index (χ3v) is 28.6. The summed E-state index contributed by atoms with van der Waals surface area (Å²) in [7, 11) is 0. The zero-order valence-electron chi connectivity index (χ0n) is 72.2. The molecule has 0 aliphatic carbocycles. The van der Waals surface area contributed by atoms with Crippen LogP contribution in [0.15, 0.2) is 459 Å². The van der Waals surface area contributed by atoms with Gasteiger partial charge in [0.1, 0.15) is 11.2 Å². The highest BCUT2D eigenvalue weighted by Crippen LogP contribution is 2.47. The Morgan fingerprint density at radius 2 is 0.560 bits per heavy atom. The largest absolute Gasteiger partial charge is 0.456 e. The van der Waals surface area contributed by atoms with E-state index in [1.54, 1.807) is 0 Å². The van der Waals surface area contributed by atoms with Gasteiger partial charge < -0.3 is 8.98 Å². The van der Waals surface area contributed by atoms with Crippen LogP contribution in [0.1, 0.15) is 0 Å². The molecule has 0 bridgehead atoms. The summed E-state index contributed by atoms with van der Waals surface area (Å²) in [5.74, 6) is 2.18. The lowest BCUT2D eigenvalue weighted by Crippen LogP contribution is -1.96. The number of nitrogens with zero attached hydrogens (tertiary/aromatic N) is 7. The number of hydrogen-bond acceptors (Lipinski definition) is 9. The Bertz CT molecular complexity index is 9580. The van der Waals surface area contributed by atoms with E-state index in [4.69, 9.17) is 34.3 Å². The van der Waals surface area contributed by atoms with Crippen LogP contribution in [0.4, 0.5) is 0 Å². The first-order valence-corrected chi connectivity index (χ1v) is 46.8. The molecule has 28 aromatic rings. The molecule has 10 heteroatoms. The molecule has 0 aliphatic heterocycles. The van der Waals surface area contributed by atoms with Gasteiger partial charge in [-0.1, -0.05) is 352 Å². The highest BCUT2D eigenvalue weighted by Gasteiger charge is 2.23. The van der Waals surface area contributed by atoms with Gasteiger partial charge in [0.2, 0.25) is 0 Å². The molecule has 7 heterocycles. The lowest BCUT2D eigenvalue weighted by molar-refractivity contribution is 0.669. The highest BCUT2D eigenvalue weighted by atomic mass is 32.1. The summed E-state index contributed by atoms with van der Waals surface area (Å²) in [5.41, 5.74) is 24.3. The van der Waals surface area contributed by atoms with E-state index in [9.17, 15) is 0 Å². The van der Waals surface area contributed by atoms with Gasteiger partial charge in [-0.3, -0.25) is 0 Å². The quantitative estimate of drug-likeness (QED) is 0.135. The molecule has 0 atom stereocenters. The fraction of sp³-hybridized carbons (Fsp3) is 0. The van der Waals surface area contributed by atoms with E-state index >= 15 is 0 Å². The standard InChI is InChI=1S/C48H29N3S.C40H24N2S.C36H22N2O/c1-2-10-35(11-3-1)51-42-16-8-5-12-36(42)37-26-24-34(29-43(37)51)47-38-13-4-7-15-41(38)49-48(50-47)32-21-18-30(19-22-32)33-23-20-31-25-27-45-46(40(31)28-33)39-14-6-9-17-44(39)52-45;1-2-10-26(11-3-1)39-32-14-6-8-16-35(32)41-40(42-39)31-22-21-28(29-12-4-5-13-30(29)31)27-19-18-25-20-23-37-38(34(25)24-27)33-15-7-9-17-36(33)43-37;1-2-8-25(9-3-1)35-28-10-4-6-12-31(28)37-36(38-35)26-17-14-23(15-18-26)27-19-16-24-20-21-33-34(30(24)22-27)29-11-5-7-13-32(29)39-33/h1-29H;1-24H;1-22H. The van der Waals surface area contributed by atoms with Gasteiger partial charge in [-0.2, -0.15) is 0 Å². The SMILES string of the molecule is c1ccc(-c2nc(-c3ccc(-c4ccc5ccc6oc7ccccc7c6c5c4)cc3)nc3ccccc23)cc1.c1ccc(-c2nc(-c3ccc(-c4ccc5ccc6sc7ccccc7c6c5c4)c4ccccc34)nc3ccccc23)cc1.c1ccc(-n2c3ccccc3c3ccc(-c4nc(-c5ccc(-c6ccc7ccc8sc9ccccc9c8c7c6)cc5)nc5ccccc45)cc32)cc1. The van der Waals surface area contributed by atoms with Crippen LogP contribution in [0.2, 0.25) is 0 Å². The fourth-order valence-electron chi connectivity index (χ4n) is 20.0. The van der Waals surface area contributed by atoms with Crippen LogP contribution in [0.3, 0.4) is 0 Å². The Morgan fingerprint density at radius 1 is 0.187 bits per heavy atom. The van der Waals surface area contributed by atoms with Crippen LogP contribution in [-0.4, -0.2) is 34.5 Å². The van der Waals surface area contributed by atoms with E-state index < -0.39 is 0 Å². The predicted molar refractivity (Wildman–Crippen MR) is 565 cm³/mol. The van der Waals surface area contributed by atoms with E-state index in [2.05, 4.69) is 405 Å². The van der Waals surface area contributed by atoms with Crippen molar-refractivity contribution in [3.63, 3.8) is 0 Å². The number of para-hydroxylation sites is 6. The minimum Gasteiger partial charge on any atom is -0.456 e. The number of fused-ring (bicyclic) bond motifs is 22. The van der Waals surface area contributed by atoms with E-state index in [0.717, 1.165) is 139 Å². The lowest BCUT2D eigenvalue weighted by atomic mass is 9.92. The van der Waals surface area contributed by atoms with Gasteiger partial charge in [0.05, 0.1) is 44.7 Å². The summed E-state index contributed by atoms with van der Waals surface area (Å²) >= 11 is 3.73. The van der Waals surface area contributed by atoms with Crippen LogP contribution >= 0.6 is 22.7 Å². The van der Waals surface area contributed by atoms with Crippen molar-refractivity contribution in [2.45, 2.75) is 0 Å². The van der Waals surface area contributed by atoms with Gasteiger partial charge in [0.25, 0.3) is 0 Å². The van der Waals surface area contributed by atoms with Crippen molar-refractivity contribution in [2.75, 3.05) is 0 Å². The summed E-state index contributed by atoms with van der Waals surface area (Å²) < 4.78 is 13.8. The van der Waals surface area contributed by atoms with Crippen LogP contribution in [0.25, 0.3) is 267 Å². The molecule has 21 aromatic carbocycles. The number of aromatic nitrogens is 7. The first kappa shape index (κ1) is 77.8. The molecule has 0 spiro atoms. The third kappa shape index (κ3) is 13.6. The number of thiophene rings is 2. The molecule has 0 aliphatic rings. The Balaban J connectivity index is 0.000000106. The molecule has 624 valence electrons. The van der Waals surface area contributed by atoms with Crippen molar-refractivity contribution < 1.29 is 4.42 Å². The van der Waals surface area contributed by atoms with Crippen LogP contribution in [-0.2, 0) is 0 Å². The minimum atomic E-state index is 0.717. The van der Waals surface area contributed by atoms with Crippen molar-refractivity contribution in [1.82, 2.24) is 34.5 Å². The van der Waals surface area contributed by atoms with Crippen molar-refractivity contribution in [1.29, 1.82) is 0 Å². The Labute approximate surface area is 777 Å². The molecule has 0 saturated heterocycles. The van der Waals surface area contributed by atoms with E-state index in [-0.39, 0.29) is 0 Å². The Kier molecular flexibility index (Phi) is 18.8. The second kappa shape index (κ2) is 32.4. The lowest BCUT2D eigenvalue weighted by Gasteiger charge is -2.14. The topological polar surface area (TPSA) is 95.4 Å². The second-order valence-corrected chi connectivity index (χ2v) is 36.3. The number of benzene rings is 21. The number of furan rings is 1. The van der Waals surface area contributed by atoms with E-state index in [1.165, 1.54) is 122 Å². The molecule has 0 unspecified atom stereocenters. The molecule has 0 amide bonds.